The fourth-order valence-electron chi connectivity index (χ4n) is 3.51. The zero-order valence-corrected chi connectivity index (χ0v) is 9.37. The Hall–Kier alpha value is -0.140. The minimum absolute atomic E-state index is 0.0689. The molecule has 2 rings (SSSR count). The second-order valence-electron chi connectivity index (χ2n) is 6.75. The van der Waals surface area contributed by atoms with Crippen LogP contribution in [0.4, 0.5) is 8.78 Å². The molecule has 0 aromatic rings. The van der Waals surface area contributed by atoms with Gasteiger partial charge in [-0.15, -0.1) is 0 Å². The summed E-state index contributed by atoms with van der Waals surface area (Å²) in [6.45, 7) is 6.69. The molecule has 0 N–H and O–H groups in total. The maximum atomic E-state index is 12.7. The van der Waals surface area contributed by atoms with Crippen molar-refractivity contribution in [1.82, 2.24) is 0 Å². The molecule has 2 heteroatoms. The van der Waals surface area contributed by atoms with Gasteiger partial charge >= 0.3 is 0 Å². The van der Waals surface area contributed by atoms with Gasteiger partial charge in [-0.3, -0.25) is 0 Å². The summed E-state index contributed by atoms with van der Waals surface area (Å²) < 4.78 is 25.4. The highest BCUT2D eigenvalue weighted by molar-refractivity contribution is 5.06. The highest BCUT2D eigenvalue weighted by atomic mass is 19.3. The van der Waals surface area contributed by atoms with Crippen LogP contribution in [0.15, 0.2) is 0 Å². The third-order valence-electron chi connectivity index (χ3n) is 3.61. The molecule has 2 saturated carbocycles. The van der Waals surface area contributed by atoms with Crippen molar-refractivity contribution in [2.45, 2.75) is 58.8 Å². The number of rotatable bonds is 1. The van der Waals surface area contributed by atoms with E-state index in [1.165, 1.54) is 6.42 Å². The van der Waals surface area contributed by atoms with Crippen LogP contribution >= 0.6 is 0 Å². The number of alkyl halides is 2. The van der Waals surface area contributed by atoms with Crippen LogP contribution < -0.4 is 0 Å². The summed E-state index contributed by atoms with van der Waals surface area (Å²) in [7, 11) is 0. The molecule has 2 fully saturated rings. The fraction of sp³-hybridized carbons (Fsp3) is 1.00. The molecule has 0 amide bonds. The van der Waals surface area contributed by atoms with E-state index < -0.39 is 5.92 Å². The largest absolute Gasteiger partial charge is 0.249 e. The second kappa shape index (κ2) is 2.70. The maximum Gasteiger partial charge on any atom is 0.249 e. The van der Waals surface area contributed by atoms with Gasteiger partial charge in [0.1, 0.15) is 0 Å². The van der Waals surface area contributed by atoms with Gasteiger partial charge < -0.3 is 0 Å². The van der Waals surface area contributed by atoms with Crippen molar-refractivity contribution in [3.05, 3.63) is 0 Å². The molecule has 0 aromatic heterocycles. The summed E-state index contributed by atoms with van der Waals surface area (Å²) in [5.74, 6) is -1.61. The summed E-state index contributed by atoms with van der Waals surface area (Å²) in [4.78, 5) is 0. The maximum absolute atomic E-state index is 12.7. The predicted octanol–water partition coefficient (Wildman–Crippen LogP) is 4.25. The lowest BCUT2D eigenvalue weighted by Crippen LogP contribution is -2.54. The van der Waals surface area contributed by atoms with Crippen LogP contribution in [0.1, 0.15) is 52.9 Å². The van der Waals surface area contributed by atoms with Crippen LogP contribution in [0.5, 0.6) is 0 Å². The van der Waals surface area contributed by atoms with Crippen molar-refractivity contribution in [2.24, 2.45) is 16.7 Å². The molecular weight excluding hydrogens is 182 g/mol. The van der Waals surface area contributed by atoms with Gasteiger partial charge in [-0.2, -0.15) is 0 Å². The minimum Gasteiger partial charge on any atom is -0.207 e. The lowest BCUT2D eigenvalue weighted by atomic mass is 9.49. The Labute approximate surface area is 85.1 Å². The minimum atomic E-state index is -2.33. The van der Waals surface area contributed by atoms with Crippen molar-refractivity contribution < 1.29 is 8.78 Å². The van der Waals surface area contributed by atoms with E-state index in [1.54, 1.807) is 0 Å². The van der Waals surface area contributed by atoms with Crippen molar-refractivity contribution in [3.8, 4) is 0 Å². The predicted molar refractivity (Wildman–Crippen MR) is 53.4 cm³/mol. The Morgan fingerprint density at radius 2 is 1.64 bits per heavy atom. The third kappa shape index (κ3) is 1.94. The first-order valence-corrected chi connectivity index (χ1v) is 5.58. The molecule has 0 saturated heterocycles. The zero-order chi connectivity index (χ0) is 10.6. The Bertz CT molecular complexity index is 221. The molecule has 0 unspecified atom stereocenters. The summed E-state index contributed by atoms with van der Waals surface area (Å²) in [6.07, 6.45) is 3.64. The Kier molecular flexibility index (Phi) is 2.01. The lowest BCUT2D eigenvalue weighted by molar-refractivity contribution is -0.209. The molecule has 1 spiro atoms. The first kappa shape index (κ1) is 10.4. The highest BCUT2D eigenvalue weighted by Gasteiger charge is 2.61. The van der Waals surface area contributed by atoms with Gasteiger partial charge in [-0.25, -0.2) is 8.78 Å². The molecule has 0 heterocycles. The van der Waals surface area contributed by atoms with Crippen LogP contribution in [0.2, 0.25) is 0 Å². The van der Waals surface area contributed by atoms with Gasteiger partial charge in [0.2, 0.25) is 5.92 Å². The van der Waals surface area contributed by atoms with E-state index in [-0.39, 0.29) is 18.3 Å². The molecular formula is C12H20F2. The van der Waals surface area contributed by atoms with E-state index in [4.69, 9.17) is 0 Å². The summed E-state index contributed by atoms with van der Waals surface area (Å²) in [6, 6.07) is 0. The topological polar surface area (TPSA) is 0 Å². The third-order valence-corrected chi connectivity index (χ3v) is 3.61. The van der Waals surface area contributed by atoms with Gasteiger partial charge in [0.05, 0.1) is 0 Å². The molecule has 82 valence electrons. The first-order valence-electron chi connectivity index (χ1n) is 5.58. The van der Waals surface area contributed by atoms with E-state index in [9.17, 15) is 8.78 Å². The quantitative estimate of drug-likeness (QED) is 0.596. The van der Waals surface area contributed by atoms with Crippen molar-refractivity contribution in [1.29, 1.82) is 0 Å². The number of hydrogen-bond donors (Lipinski definition) is 0. The van der Waals surface area contributed by atoms with Crippen LogP contribution in [0.25, 0.3) is 0 Å². The standard InChI is InChI=1S/C12H20F2/c1-10(2,3)4-9-5-11(6-9)7-12(13,14)8-11/h9H,4-8H2,1-3H3. The number of halogens is 2. The van der Waals surface area contributed by atoms with E-state index in [1.807, 2.05) is 0 Å². The second-order valence-corrected chi connectivity index (χ2v) is 6.75. The van der Waals surface area contributed by atoms with E-state index >= 15 is 0 Å². The smallest absolute Gasteiger partial charge is 0.207 e. The summed E-state index contributed by atoms with van der Waals surface area (Å²) in [5, 5.41) is 0. The summed E-state index contributed by atoms with van der Waals surface area (Å²) >= 11 is 0. The van der Waals surface area contributed by atoms with Crippen LogP contribution in [-0.2, 0) is 0 Å². The zero-order valence-electron chi connectivity index (χ0n) is 9.37. The Morgan fingerprint density at radius 1 is 1.14 bits per heavy atom. The van der Waals surface area contributed by atoms with Gasteiger partial charge in [-0.1, -0.05) is 20.8 Å². The van der Waals surface area contributed by atoms with E-state index in [0.29, 0.717) is 11.3 Å². The highest BCUT2D eigenvalue weighted by Crippen LogP contribution is 2.65. The van der Waals surface area contributed by atoms with E-state index in [0.717, 1.165) is 12.8 Å². The molecule has 0 radical (unpaired) electrons. The molecule has 2 aliphatic rings. The molecule has 0 atom stereocenters. The monoisotopic (exact) mass is 202 g/mol. The fourth-order valence-corrected chi connectivity index (χ4v) is 3.51. The summed E-state index contributed by atoms with van der Waals surface area (Å²) in [5.41, 5.74) is 0.429. The molecule has 0 aromatic carbocycles. The van der Waals surface area contributed by atoms with Crippen molar-refractivity contribution >= 4 is 0 Å². The van der Waals surface area contributed by atoms with Crippen molar-refractivity contribution in [2.75, 3.05) is 0 Å². The van der Waals surface area contributed by atoms with Gasteiger partial charge in [0.15, 0.2) is 0 Å². The van der Waals surface area contributed by atoms with Crippen molar-refractivity contribution in [3.63, 3.8) is 0 Å². The Morgan fingerprint density at radius 3 is 2.00 bits per heavy atom. The average Bonchev–Trinajstić information content (AvgIpc) is 1.74. The lowest BCUT2D eigenvalue weighted by Gasteiger charge is -2.58. The first-order chi connectivity index (χ1) is 6.20. The van der Waals surface area contributed by atoms with Gasteiger partial charge in [0, 0.05) is 12.8 Å². The van der Waals surface area contributed by atoms with Gasteiger partial charge in [0.25, 0.3) is 0 Å². The Balaban J connectivity index is 1.76. The van der Waals surface area contributed by atoms with E-state index in [2.05, 4.69) is 20.8 Å². The normalized spacial score (nSPS) is 29.8. The van der Waals surface area contributed by atoms with Crippen LogP contribution in [-0.4, -0.2) is 5.92 Å². The molecule has 0 nitrogen and oxygen atoms in total. The van der Waals surface area contributed by atoms with Crippen LogP contribution in [0.3, 0.4) is 0 Å². The molecule has 14 heavy (non-hydrogen) atoms. The molecule has 0 aliphatic heterocycles. The molecule has 2 aliphatic carbocycles. The van der Waals surface area contributed by atoms with Gasteiger partial charge in [-0.05, 0) is 36.0 Å². The average molecular weight is 202 g/mol. The number of hydrogen-bond acceptors (Lipinski definition) is 0. The van der Waals surface area contributed by atoms with Crippen LogP contribution in [0, 0.1) is 16.7 Å². The molecule has 0 bridgehead atoms. The SMILES string of the molecule is CC(C)(C)CC1CC2(C1)CC(F)(F)C2.